The number of aryl methyl sites for hydroxylation is 1. The van der Waals surface area contributed by atoms with Crippen LogP contribution in [0, 0.1) is 12.8 Å². The second kappa shape index (κ2) is 8.09. The zero-order valence-corrected chi connectivity index (χ0v) is 16.5. The van der Waals surface area contributed by atoms with E-state index >= 15 is 0 Å². The summed E-state index contributed by atoms with van der Waals surface area (Å²) in [6.45, 7) is 4.07. The lowest BCUT2D eigenvalue weighted by Gasteiger charge is -2.43. The molecular formula is C21H27N3O2S. The standard InChI is InChI=1S/C21H27N3O2S/c1-14-2-6-16(7-3-14)21-23-11-19(27-21)10-22-17-8-18(9-17)24(13-20(25)26)12-15-4-5-15/h2-3,6-7,11,15,17-18,22H,4-5,8-10,12-13H2,1H3,(H,25,26). The normalized spacial score (nSPS) is 22.0. The Morgan fingerprint density at radius 2 is 2.04 bits per heavy atom. The monoisotopic (exact) mass is 385 g/mol. The SMILES string of the molecule is Cc1ccc(-c2ncc(CNC3CC(N(CC(=O)O)CC4CC4)C3)s2)cc1. The van der Waals surface area contributed by atoms with Gasteiger partial charge in [-0.05, 0) is 38.5 Å². The van der Waals surface area contributed by atoms with Gasteiger partial charge >= 0.3 is 5.97 Å². The molecule has 0 unspecified atom stereocenters. The quantitative estimate of drug-likeness (QED) is 0.691. The Hall–Kier alpha value is -1.76. The van der Waals surface area contributed by atoms with Crippen LogP contribution in [0.1, 0.15) is 36.1 Å². The summed E-state index contributed by atoms with van der Waals surface area (Å²) in [4.78, 5) is 19.1. The fourth-order valence-corrected chi connectivity index (χ4v) is 4.53. The van der Waals surface area contributed by atoms with E-state index in [4.69, 9.17) is 5.11 Å². The Balaban J connectivity index is 1.24. The van der Waals surface area contributed by atoms with E-state index in [-0.39, 0.29) is 6.54 Å². The first kappa shape index (κ1) is 18.6. The van der Waals surface area contributed by atoms with E-state index in [1.807, 2.05) is 6.20 Å². The molecule has 2 aromatic rings. The van der Waals surface area contributed by atoms with Crippen molar-refractivity contribution >= 4 is 17.3 Å². The molecule has 0 spiro atoms. The number of rotatable bonds is 9. The van der Waals surface area contributed by atoms with Gasteiger partial charge in [-0.15, -0.1) is 11.3 Å². The van der Waals surface area contributed by atoms with Gasteiger partial charge in [0.2, 0.25) is 0 Å². The van der Waals surface area contributed by atoms with Gasteiger partial charge in [-0.3, -0.25) is 9.69 Å². The average Bonchev–Trinajstić information content (AvgIpc) is 3.28. The van der Waals surface area contributed by atoms with Crippen molar-refractivity contribution in [3.05, 3.63) is 40.9 Å². The minimum absolute atomic E-state index is 0.183. The number of carbonyl (C=O) groups is 1. The molecule has 144 valence electrons. The topological polar surface area (TPSA) is 65.5 Å². The van der Waals surface area contributed by atoms with Crippen LogP contribution in [0.2, 0.25) is 0 Å². The molecule has 1 aromatic carbocycles. The smallest absolute Gasteiger partial charge is 0.317 e. The highest BCUT2D eigenvalue weighted by Gasteiger charge is 2.36. The second-order valence-corrected chi connectivity index (χ2v) is 9.08. The summed E-state index contributed by atoms with van der Waals surface area (Å²) in [6, 6.07) is 9.39. The van der Waals surface area contributed by atoms with E-state index in [0.29, 0.717) is 12.1 Å². The first-order valence-electron chi connectivity index (χ1n) is 9.78. The van der Waals surface area contributed by atoms with Crippen LogP contribution in [-0.2, 0) is 11.3 Å². The molecule has 2 aliphatic carbocycles. The number of nitrogens with zero attached hydrogens (tertiary/aromatic N) is 2. The number of hydrogen-bond acceptors (Lipinski definition) is 5. The van der Waals surface area contributed by atoms with E-state index in [1.54, 1.807) is 11.3 Å². The van der Waals surface area contributed by atoms with Crippen LogP contribution in [0.5, 0.6) is 0 Å². The number of thiazole rings is 1. The van der Waals surface area contributed by atoms with Crippen LogP contribution >= 0.6 is 11.3 Å². The maximum atomic E-state index is 11.1. The molecule has 0 aliphatic heterocycles. The lowest BCUT2D eigenvalue weighted by atomic mass is 9.85. The van der Waals surface area contributed by atoms with Crippen LogP contribution in [0.15, 0.2) is 30.5 Å². The van der Waals surface area contributed by atoms with Crippen molar-refractivity contribution < 1.29 is 9.90 Å². The van der Waals surface area contributed by atoms with Crippen LogP contribution in [0.3, 0.4) is 0 Å². The van der Waals surface area contributed by atoms with Crippen LogP contribution in [0.4, 0.5) is 0 Å². The third-order valence-corrected chi connectivity index (χ3v) is 6.62. The third-order valence-electron chi connectivity index (χ3n) is 5.57. The highest BCUT2D eigenvalue weighted by molar-refractivity contribution is 7.15. The number of benzene rings is 1. The first-order chi connectivity index (χ1) is 13.1. The van der Waals surface area contributed by atoms with E-state index < -0.39 is 5.97 Å². The van der Waals surface area contributed by atoms with Crippen LogP contribution in [-0.4, -0.2) is 46.1 Å². The van der Waals surface area contributed by atoms with Gasteiger partial charge in [0.1, 0.15) is 5.01 Å². The van der Waals surface area contributed by atoms with Gasteiger partial charge in [0.25, 0.3) is 0 Å². The molecular weight excluding hydrogens is 358 g/mol. The fourth-order valence-electron chi connectivity index (χ4n) is 3.66. The summed E-state index contributed by atoms with van der Waals surface area (Å²) < 4.78 is 0. The van der Waals surface area contributed by atoms with Crippen molar-refractivity contribution in [2.45, 2.75) is 51.2 Å². The van der Waals surface area contributed by atoms with E-state index in [1.165, 1.54) is 28.8 Å². The van der Waals surface area contributed by atoms with Gasteiger partial charge in [-0.25, -0.2) is 4.98 Å². The molecule has 0 saturated heterocycles. The Labute approximate surface area is 164 Å². The Morgan fingerprint density at radius 1 is 1.30 bits per heavy atom. The molecule has 4 rings (SSSR count). The highest BCUT2D eigenvalue weighted by atomic mass is 32.1. The minimum Gasteiger partial charge on any atom is -0.480 e. The molecule has 0 amide bonds. The maximum Gasteiger partial charge on any atom is 0.317 e. The number of nitrogens with one attached hydrogen (secondary N) is 1. The summed E-state index contributed by atoms with van der Waals surface area (Å²) >= 11 is 1.74. The third kappa shape index (κ3) is 4.94. The molecule has 2 N–H and O–H groups in total. The van der Waals surface area contributed by atoms with Gasteiger partial charge in [-0.2, -0.15) is 0 Å². The van der Waals surface area contributed by atoms with Crippen LogP contribution in [0.25, 0.3) is 10.6 Å². The number of carboxylic acids is 1. The van der Waals surface area contributed by atoms with Gasteiger partial charge in [0.05, 0.1) is 6.54 Å². The van der Waals surface area contributed by atoms with Crippen molar-refractivity contribution in [2.75, 3.05) is 13.1 Å². The molecule has 0 bridgehead atoms. The summed E-state index contributed by atoms with van der Waals surface area (Å²) in [5.41, 5.74) is 2.43. The van der Waals surface area contributed by atoms with Crippen molar-refractivity contribution in [3.8, 4) is 10.6 Å². The predicted molar refractivity (Wildman–Crippen MR) is 108 cm³/mol. The fraction of sp³-hybridized carbons (Fsp3) is 0.524. The number of aliphatic carboxylic acids is 1. The molecule has 5 nitrogen and oxygen atoms in total. The number of aromatic nitrogens is 1. The van der Waals surface area contributed by atoms with E-state index in [0.717, 1.165) is 36.9 Å². The zero-order valence-electron chi connectivity index (χ0n) is 15.7. The van der Waals surface area contributed by atoms with Gasteiger partial charge in [0, 0.05) is 41.8 Å². The van der Waals surface area contributed by atoms with E-state index in [2.05, 4.69) is 46.4 Å². The maximum absolute atomic E-state index is 11.1. The molecule has 6 heteroatoms. The predicted octanol–water partition coefficient (Wildman–Crippen LogP) is 3.54. The second-order valence-electron chi connectivity index (χ2n) is 7.97. The first-order valence-corrected chi connectivity index (χ1v) is 10.6. The minimum atomic E-state index is -0.708. The number of hydrogen-bond donors (Lipinski definition) is 2. The van der Waals surface area contributed by atoms with E-state index in [9.17, 15) is 4.79 Å². The lowest BCUT2D eigenvalue weighted by Crippen LogP contribution is -2.54. The van der Waals surface area contributed by atoms with Gasteiger partial charge < -0.3 is 10.4 Å². The van der Waals surface area contributed by atoms with Crippen LogP contribution < -0.4 is 5.32 Å². The summed E-state index contributed by atoms with van der Waals surface area (Å²) in [6.07, 6.45) is 6.58. The molecule has 27 heavy (non-hydrogen) atoms. The Kier molecular flexibility index (Phi) is 5.57. The van der Waals surface area contributed by atoms with Crippen molar-refractivity contribution in [2.24, 2.45) is 5.92 Å². The number of carboxylic acid groups (broad SMARTS) is 1. The molecule has 2 saturated carbocycles. The summed E-state index contributed by atoms with van der Waals surface area (Å²) in [5, 5.41) is 13.8. The molecule has 1 heterocycles. The zero-order chi connectivity index (χ0) is 18.8. The lowest BCUT2D eigenvalue weighted by molar-refractivity contribution is -0.139. The largest absolute Gasteiger partial charge is 0.480 e. The Bertz CT molecular complexity index is 779. The average molecular weight is 386 g/mol. The Morgan fingerprint density at radius 3 is 2.70 bits per heavy atom. The summed E-state index contributed by atoms with van der Waals surface area (Å²) in [5.74, 6) is 0.0223. The van der Waals surface area contributed by atoms with Crippen molar-refractivity contribution in [1.29, 1.82) is 0 Å². The molecule has 1 aromatic heterocycles. The van der Waals surface area contributed by atoms with Gasteiger partial charge in [-0.1, -0.05) is 29.8 Å². The highest BCUT2D eigenvalue weighted by Crippen LogP contribution is 2.34. The molecule has 0 atom stereocenters. The van der Waals surface area contributed by atoms with Gasteiger partial charge in [0.15, 0.2) is 0 Å². The summed E-state index contributed by atoms with van der Waals surface area (Å²) in [7, 11) is 0. The molecule has 0 radical (unpaired) electrons. The van der Waals surface area contributed by atoms with Crippen molar-refractivity contribution in [3.63, 3.8) is 0 Å². The molecule has 2 aliphatic rings. The van der Waals surface area contributed by atoms with Crippen molar-refractivity contribution in [1.82, 2.24) is 15.2 Å². The molecule has 2 fully saturated rings.